The zero-order valence-corrected chi connectivity index (χ0v) is 12.4. The van der Waals surface area contributed by atoms with Crippen LogP contribution in [0.3, 0.4) is 0 Å². The molecular formula is C14H22ClN3O. The van der Waals surface area contributed by atoms with Crippen LogP contribution in [0.1, 0.15) is 38.3 Å². The Morgan fingerprint density at radius 1 is 1.37 bits per heavy atom. The number of halogens is 1. The van der Waals surface area contributed by atoms with E-state index >= 15 is 0 Å². The van der Waals surface area contributed by atoms with Gasteiger partial charge in [-0.05, 0) is 37.7 Å². The van der Waals surface area contributed by atoms with Crippen molar-refractivity contribution in [3.05, 3.63) is 17.8 Å². The first-order valence-corrected chi connectivity index (χ1v) is 7.38. The third-order valence-corrected chi connectivity index (χ3v) is 4.55. The van der Waals surface area contributed by atoms with Crippen molar-refractivity contribution in [2.75, 3.05) is 13.0 Å². The number of aromatic nitrogens is 2. The van der Waals surface area contributed by atoms with Crippen LogP contribution in [-0.4, -0.2) is 28.7 Å². The number of rotatable bonds is 5. The normalized spacial score (nSPS) is 27.2. The molecule has 2 rings (SSSR count). The van der Waals surface area contributed by atoms with Crippen LogP contribution < -0.4 is 10.1 Å². The lowest BCUT2D eigenvalue weighted by Gasteiger charge is -2.39. The largest absolute Gasteiger partial charge is 0.480 e. The van der Waals surface area contributed by atoms with Gasteiger partial charge in [-0.15, -0.1) is 16.7 Å². The lowest BCUT2D eigenvalue weighted by molar-refractivity contribution is 0.215. The van der Waals surface area contributed by atoms with Gasteiger partial charge in [0.1, 0.15) is 0 Å². The number of hydrogen-bond acceptors (Lipinski definition) is 4. The summed E-state index contributed by atoms with van der Waals surface area (Å²) in [6.45, 7) is 3.02. The number of nitrogens with zero attached hydrogens (tertiary/aromatic N) is 2. The highest BCUT2D eigenvalue weighted by atomic mass is 35.5. The van der Waals surface area contributed by atoms with E-state index < -0.39 is 0 Å². The van der Waals surface area contributed by atoms with Gasteiger partial charge in [-0.25, -0.2) is 0 Å². The number of ether oxygens (including phenoxy) is 1. The smallest absolute Gasteiger partial charge is 0.233 e. The van der Waals surface area contributed by atoms with Gasteiger partial charge in [0.15, 0.2) is 0 Å². The molecule has 0 radical (unpaired) electrons. The second-order valence-electron chi connectivity index (χ2n) is 5.52. The standard InChI is InChI=1S/C14H22ClN3O/c1-11-5-7-14(10-15,8-6-11)16-9-12-3-4-13(19-2)18-17-12/h3-4,11,16H,5-10H2,1-2H3. The summed E-state index contributed by atoms with van der Waals surface area (Å²) in [5.41, 5.74) is 0.985. The van der Waals surface area contributed by atoms with Crippen molar-refractivity contribution in [2.24, 2.45) is 5.92 Å². The van der Waals surface area contributed by atoms with E-state index in [4.69, 9.17) is 16.3 Å². The minimum atomic E-state index is 0.0652. The second kappa shape index (κ2) is 6.53. The predicted octanol–water partition coefficient (Wildman–Crippen LogP) is 2.76. The zero-order valence-electron chi connectivity index (χ0n) is 11.7. The summed E-state index contributed by atoms with van der Waals surface area (Å²) >= 11 is 6.18. The Balaban J connectivity index is 1.91. The minimum Gasteiger partial charge on any atom is -0.480 e. The Hall–Kier alpha value is -0.870. The summed E-state index contributed by atoms with van der Waals surface area (Å²) in [5, 5.41) is 11.7. The molecule has 1 aliphatic carbocycles. The lowest BCUT2D eigenvalue weighted by Crippen LogP contribution is -2.49. The summed E-state index contributed by atoms with van der Waals surface area (Å²) in [6, 6.07) is 3.77. The molecule has 5 heteroatoms. The molecule has 0 saturated heterocycles. The third kappa shape index (κ3) is 3.80. The average molecular weight is 284 g/mol. The Kier molecular flexibility index (Phi) is 4.99. The maximum absolute atomic E-state index is 6.18. The first kappa shape index (κ1) is 14.5. The fraction of sp³-hybridized carbons (Fsp3) is 0.714. The maximum atomic E-state index is 6.18. The predicted molar refractivity (Wildman–Crippen MR) is 76.5 cm³/mol. The molecule has 0 bridgehead atoms. The molecule has 1 saturated carbocycles. The number of hydrogen-bond donors (Lipinski definition) is 1. The van der Waals surface area contributed by atoms with Gasteiger partial charge in [0.2, 0.25) is 5.88 Å². The van der Waals surface area contributed by atoms with E-state index in [1.807, 2.05) is 12.1 Å². The van der Waals surface area contributed by atoms with E-state index in [1.165, 1.54) is 12.8 Å². The van der Waals surface area contributed by atoms with Gasteiger partial charge < -0.3 is 10.1 Å². The topological polar surface area (TPSA) is 47.0 Å². The van der Waals surface area contributed by atoms with Crippen LogP contribution in [0.5, 0.6) is 5.88 Å². The summed E-state index contributed by atoms with van der Waals surface area (Å²) < 4.78 is 5.00. The number of nitrogens with one attached hydrogen (secondary N) is 1. The Morgan fingerprint density at radius 2 is 2.11 bits per heavy atom. The van der Waals surface area contributed by atoms with Crippen molar-refractivity contribution in [3.63, 3.8) is 0 Å². The van der Waals surface area contributed by atoms with Crippen molar-refractivity contribution in [2.45, 2.75) is 44.7 Å². The Morgan fingerprint density at radius 3 is 2.63 bits per heavy atom. The molecule has 1 heterocycles. The van der Waals surface area contributed by atoms with Crippen molar-refractivity contribution < 1.29 is 4.74 Å². The van der Waals surface area contributed by atoms with E-state index in [0.717, 1.165) is 24.5 Å². The molecular weight excluding hydrogens is 262 g/mol. The molecule has 0 aliphatic heterocycles. The molecule has 0 atom stereocenters. The van der Waals surface area contributed by atoms with Crippen molar-refractivity contribution in [1.29, 1.82) is 0 Å². The maximum Gasteiger partial charge on any atom is 0.233 e. The monoisotopic (exact) mass is 283 g/mol. The van der Waals surface area contributed by atoms with Gasteiger partial charge >= 0.3 is 0 Å². The fourth-order valence-electron chi connectivity index (χ4n) is 2.50. The second-order valence-corrected chi connectivity index (χ2v) is 5.78. The van der Waals surface area contributed by atoms with Crippen LogP contribution in [0.4, 0.5) is 0 Å². The summed E-state index contributed by atoms with van der Waals surface area (Å²) in [6.07, 6.45) is 4.77. The van der Waals surface area contributed by atoms with Crippen molar-refractivity contribution in [1.82, 2.24) is 15.5 Å². The van der Waals surface area contributed by atoms with Gasteiger partial charge in [-0.2, -0.15) is 5.10 Å². The zero-order chi connectivity index (χ0) is 13.7. The van der Waals surface area contributed by atoms with Gasteiger partial charge in [0.05, 0.1) is 12.8 Å². The highest BCUT2D eigenvalue weighted by molar-refractivity contribution is 6.18. The molecule has 1 aromatic heterocycles. The van der Waals surface area contributed by atoms with Crippen LogP contribution in [0.25, 0.3) is 0 Å². The molecule has 0 unspecified atom stereocenters. The Labute approximate surface area is 119 Å². The van der Waals surface area contributed by atoms with Gasteiger partial charge in [-0.3, -0.25) is 0 Å². The highest BCUT2D eigenvalue weighted by Crippen LogP contribution is 2.32. The van der Waals surface area contributed by atoms with Crippen LogP contribution in [-0.2, 0) is 6.54 Å². The average Bonchev–Trinajstić information content (AvgIpc) is 2.48. The molecule has 1 N–H and O–H groups in total. The number of alkyl halides is 1. The van der Waals surface area contributed by atoms with E-state index in [1.54, 1.807) is 7.11 Å². The molecule has 1 aliphatic rings. The quantitative estimate of drug-likeness (QED) is 0.844. The first-order valence-electron chi connectivity index (χ1n) is 6.85. The summed E-state index contributed by atoms with van der Waals surface area (Å²) in [7, 11) is 1.59. The molecule has 0 aromatic carbocycles. The van der Waals surface area contributed by atoms with Gasteiger partial charge in [0.25, 0.3) is 0 Å². The van der Waals surface area contributed by atoms with E-state index in [2.05, 4.69) is 22.4 Å². The minimum absolute atomic E-state index is 0.0652. The fourth-order valence-corrected chi connectivity index (χ4v) is 2.86. The summed E-state index contributed by atoms with van der Waals surface area (Å²) in [5.74, 6) is 2.02. The molecule has 1 fully saturated rings. The molecule has 0 spiro atoms. The van der Waals surface area contributed by atoms with E-state index in [-0.39, 0.29) is 5.54 Å². The number of methoxy groups -OCH3 is 1. The van der Waals surface area contributed by atoms with Crippen LogP contribution in [0.15, 0.2) is 12.1 Å². The molecule has 106 valence electrons. The molecule has 4 nitrogen and oxygen atoms in total. The van der Waals surface area contributed by atoms with Crippen LogP contribution in [0.2, 0.25) is 0 Å². The first-order chi connectivity index (χ1) is 9.17. The highest BCUT2D eigenvalue weighted by Gasteiger charge is 2.32. The van der Waals surface area contributed by atoms with E-state index in [0.29, 0.717) is 18.3 Å². The van der Waals surface area contributed by atoms with E-state index in [9.17, 15) is 0 Å². The molecule has 1 aromatic rings. The van der Waals surface area contributed by atoms with Gasteiger partial charge in [-0.1, -0.05) is 6.92 Å². The SMILES string of the molecule is COc1ccc(CNC2(CCl)CCC(C)CC2)nn1. The summed E-state index contributed by atoms with van der Waals surface area (Å²) in [4.78, 5) is 0. The third-order valence-electron chi connectivity index (χ3n) is 4.04. The van der Waals surface area contributed by atoms with Crippen molar-refractivity contribution in [3.8, 4) is 5.88 Å². The van der Waals surface area contributed by atoms with Crippen LogP contribution >= 0.6 is 11.6 Å². The molecule has 0 amide bonds. The Bertz CT molecular complexity index is 388. The van der Waals surface area contributed by atoms with Crippen LogP contribution in [0, 0.1) is 5.92 Å². The molecule has 19 heavy (non-hydrogen) atoms. The van der Waals surface area contributed by atoms with Crippen molar-refractivity contribution >= 4 is 11.6 Å². The lowest BCUT2D eigenvalue weighted by atomic mass is 9.78. The van der Waals surface area contributed by atoms with Gasteiger partial charge in [0, 0.05) is 24.0 Å².